The lowest BCUT2D eigenvalue weighted by Crippen LogP contribution is -2.40. The van der Waals surface area contributed by atoms with Gasteiger partial charge in [-0.05, 0) is 60.3 Å². The van der Waals surface area contributed by atoms with Crippen LogP contribution in [0.15, 0.2) is 89.9 Å². The number of fused-ring (bicyclic) bond motifs is 1. The maximum absolute atomic E-state index is 13.2. The van der Waals surface area contributed by atoms with Gasteiger partial charge in [-0.1, -0.05) is 30.3 Å². The predicted molar refractivity (Wildman–Crippen MR) is 137 cm³/mol. The first-order valence-electron chi connectivity index (χ1n) is 11.6. The van der Waals surface area contributed by atoms with Crippen molar-refractivity contribution in [3.63, 3.8) is 0 Å². The fourth-order valence-corrected chi connectivity index (χ4v) is 4.62. The number of hydrogen-bond acceptors (Lipinski definition) is 6. The van der Waals surface area contributed by atoms with Crippen molar-refractivity contribution in [1.82, 2.24) is 9.38 Å². The summed E-state index contributed by atoms with van der Waals surface area (Å²) in [7, 11) is 0. The molecular weight excluding hydrogens is 470 g/mol. The fraction of sp³-hybridized carbons (Fsp3) is 0.0690. The fourth-order valence-electron chi connectivity index (χ4n) is 4.62. The van der Waals surface area contributed by atoms with Crippen LogP contribution in [0.3, 0.4) is 0 Å². The van der Waals surface area contributed by atoms with Crippen LogP contribution >= 0.6 is 0 Å². The Bertz CT molecular complexity index is 1770. The number of carbonyl (C=O) groups excluding carboxylic acids is 3. The van der Waals surface area contributed by atoms with Crippen LogP contribution in [0.5, 0.6) is 0 Å². The number of esters is 1. The Morgan fingerprint density at radius 2 is 1.54 bits per heavy atom. The first-order valence-corrected chi connectivity index (χ1v) is 11.6. The van der Waals surface area contributed by atoms with Crippen LogP contribution in [0.25, 0.3) is 16.4 Å². The Morgan fingerprint density at radius 3 is 2.22 bits per heavy atom. The van der Waals surface area contributed by atoms with Crippen molar-refractivity contribution in [2.75, 3.05) is 4.90 Å². The lowest BCUT2D eigenvalue weighted by Gasteiger charge is -2.27. The van der Waals surface area contributed by atoms with E-state index in [0.717, 1.165) is 15.8 Å². The largest absolute Gasteiger partial charge is 0.456 e. The van der Waals surface area contributed by atoms with E-state index in [4.69, 9.17) is 4.74 Å². The first-order chi connectivity index (χ1) is 17.9. The highest BCUT2D eigenvalue weighted by Crippen LogP contribution is 2.32. The van der Waals surface area contributed by atoms with E-state index in [0.29, 0.717) is 33.5 Å². The van der Waals surface area contributed by atoms with E-state index < -0.39 is 17.8 Å². The number of benzene rings is 3. The molecule has 3 aromatic carbocycles. The first kappa shape index (κ1) is 22.4. The van der Waals surface area contributed by atoms with E-state index in [2.05, 4.69) is 4.98 Å². The van der Waals surface area contributed by atoms with Gasteiger partial charge in [0.05, 0.1) is 16.9 Å². The van der Waals surface area contributed by atoms with Crippen molar-refractivity contribution < 1.29 is 19.1 Å². The molecule has 0 unspecified atom stereocenters. The van der Waals surface area contributed by atoms with Crippen LogP contribution in [0.1, 0.15) is 42.3 Å². The Hall–Kier alpha value is -5.11. The summed E-state index contributed by atoms with van der Waals surface area (Å²) in [5.74, 6) is -1.47. The van der Waals surface area contributed by atoms with Crippen molar-refractivity contribution in [1.29, 1.82) is 0 Å². The van der Waals surface area contributed by atoms with Gasteiger partial charge in [-0.15, -0.1) is 0 Å². The molecule has 5 aromatic rings. The third-order valence-corrected chi connectivity index (χ3v) is 6.42. The summed E-state index contributed by atoms with van der Waals surface area (Å²) < 4.78 is 6.81. The van der Waals surface area contributed by atoms with E-state index in [-0.39, 0.29) is 17.7 Å². The summed E-state index contributed by atoms with van der Waals surface area (Å²) in [6.07, 6.45) is 1.63. The number of rotatable bonds is 4. The molecule has 1 aliphatic rings. The predicted octanol–water partition coefficient (Wildman–Crippen LogP) is 4.31. The SMILES string of the molecule is Cc1cccn2c(=O)cc(COC(=O)c3ccc(N4C(=O)c5cccc6cccc(c56)C4=O)cc3)nc12. The summed E-state index contributed by atoms with van der Waals surface area (Å²) in [6.45, 7) is 1.67. The van der Waals surface area contributed by atoms with Crippen LogP contribution in [0, 0.1) is 6.92 Å². The number of pyridine rings is 1. The van der Waals surface area contributed by atoms with Crippen LogP contribution in [-0.2, 0) is 11.3 Å². The molecule has 6 rings (SSSR count). The summed E-state index contributed by atoms with van der Waals surface area (Å²) in [5, 5.41) is 1.47. The summed E-state index contributed by atoms with van der Waals surface area (Å²) in [6, 6.07) is 21.7. The second-order valence-electron chi connectivity index (χ2n) is 8.75. The van der Waals surface area contributed by atoms with Crippen LogP contribution in [0.4, 0.5) is 5.69 Å². The maximum Gasteiger partial charge on any atom is 0.338 e. The minimum absolute atomic E-state index is 0.176. The molecule has 0 spiro atoms. The highest BCUT2D eigenvalue weighted by Gasteiger charge is 2.33. The standard InChI is InChI=1S/C29H19N3O5/c1-17-5-4-14-31-24(33)15-20(30-26(17)31)16-37-29(36)19-10-12-21(13-11-19)32-27(34)22-8-2-6-18-7-3-9-23(25(18)22)28(32)35/h2-15H,16H2,1H3. The summed E-state index contributed by atoms with van der Waals surface area (Å²) >= 11 is 0. The third kappa shape index (κ3) is 3.66. The van der Waals surface area contributed by atoms with E-state index in [1.165, 1.54) is 34.7 Å². The highest BCUT2D eigenvalue weighted by molar-refractivity contribution is 6.35. The van der Waals surface area contributed by atoms with Gasteiger partial charge >= 0.3 is 5.97 Å². The number of ether oxygens (including phenoxy) is 1. The molecule has 0 atom stereocenters. The van der Waals surface area contributed by atoms with Gasteiger partial charge in [-0.3, -0.25) is 18.8 Å². The molecule has 2 amide bonds. The maximum atomic E-state index is 13.2. The zero-order valence-corrected chi connectivity index (χ0v) is 19.7. The van der Waals surface area contributed by atoms with Crippen molar-refractivity contribution in [2.24, 2.45) is 0 Å². The van der Waals surface area contributed by atoms with Gasteiger partial charge in [-0.25, -0.2) is 14.7 Å². The normalized spacial score (nSPS) is 12.8. The average Bonchev–Trinajstić information content (AvgIpc) is 2.91. The minimum Gasteiger partial charge on any atom is -0.456 e. The molecule has 0 saturated carbocycles. The molecule has 8 nitrogen and oxygen atoms in total. The molecule has 0 N–H and O–H groups in total. The van der Waals surface area contributed by atoms with Gasteiger partial charge in [-0.2, -0.15) is 0 Å². The molecule has 0 bridgehead atoms. The van der Waals surface area contributed by atoms with Gasteiger partial charge in [0.15, 0.2) is 0 Å². The smallest absolute Gasteiger partial charge is 0.338 e. The Balaban J connectivity index is 1.23. The van der Waals surface area contributed by atoms with Gasteiger partial charge < -0.3 is 4.74 Å². The number of aryl methyl sites for hydroxylation is 1. The number of amides is 2. The number of hydrogen-bond donors (Lipinski definition) is 0. The molecule has 0 aliphatic carbocycles. The van der Waals surface area contributed by atoms with Gasteiger partial charge in [0, 0.05) is 28.8 Å². The molecule has 1 aliphatic heterocycles. The lowest BCUT2D eigenvalue weighted by molar-refractivity contribution is 0.0467. The van der Waals surface area contributed by atoms with E-state index in [9.17, 15) is 19.2 Å². The Morgan fingerprint density at radius 1 is 0.865 bits per heavy atom. The Labute approximate surface area is 210 Å². The second-order valence-corrected chi connectivity index (χ2v) is 8.75. The number of imide groups is 1. The molecule has 8 heteroatoms. The van der Waals surface area contributed by atoms with E-state index in [1.807, 2.05) is 25.1 Å². The van der Waals surface area contributed by atoms with E-state index in [1.54, 1.807) is 36.5 Å². The van der Waals surface area contributed by atoms with E-state index >= 15 is 0 Å². The van der Waals surface area contributed by atoms with Gasteiger partial charge in [0.1, 0.15) is 12.3 Å². The highest BCUT2D eigenvalue weighted by atomic mass is 16.5. The van der Waals surface area contributed by atoms with Gasteiger partial charge in [0.25, 0.3) is 17.4 Å². The molecule has 3 heterocycles. The molecular formula is C29H19N3O5. The monoisotopic (exact) mass is 489 g/mol. The molecule has 37 heavy (non-hydrogen) atoms. The van der Waals surface area contributed by atoms with Crippen molar-refractivity contribution in [2.45, 2.75) is 13.5 Å². The quantitative estimate of drug-likeness (QED) is 0.276. The van der Waals surface area contributed by atoms with Crippen molar-refractivity contribution in [3.05, 3.63) is 123 Å². The van der Waals surface area contributed by atoms with Gasteiger partial charge in [0.2, 0.25) is 0 Å². The summed E-state index contributed by atoms with van der Waals surface area (Å²) in [4.78, 5) is 57.0. The number of aromatic nitrogens is 2. The molecule has 0 saturated heterocycles. The van der Waals surface area contributed by atoms with Crippen LogP contribution in [0.2, 0.25) is 0 Å². The van der Waals surface area contributed by atoms with Crippen molar-refractivity contribution in [3.8, 4) is 0 Å². The Kier molecular flexibility index (Phi) is 5.15. The topological polar surface area (TPSA) is 98.0 Å². The zero-order chi connectivity index (χ0) is 25.7. The minimum atomic E-state index is -0.621. The zero-order valence-electron chi connectivity index (χ0n) is 19.7. The molecule has 2 aromatic heterocycles. The molecule has 180 valence electrons. The summed E-state index contributed by atoms with van der Waals surface area (Å²) in [5.41, 5.74) is 2.87. The second kappa shape index (κ2) is 8.53. The number of nitrogens with zero attached hydrogens (tertiary/aromatic N) is 3. The van der Waals surface area contributed by atoms with Crippen LogP contribution in [-0.4, -0.2) is 27.2 Å². The van der Waals surface area contributed by atoms with Crippen molar-refractivity contribution >= 4 is 39.9 Å². The number of anilines is 1. The third-order valence-electron chi connectivity index (χ3n) is 6.42. The molecule has 0 fully saturated rings. The lowest BCUT2D eigenvalue weighted by atomic mass is 9.94. The van der Waals surface area contributed by atoms with Crippen LogP contribution < -0.4 is 10.5 Å². The molecule has 0 radical (unpaired) electrons. The average molecular weight is 489 g/mol. The number of carbonyl (C=O) groups is 3.